The number of ether oxygens (including phenoxy) is 1. The van der Waals surface area contributed by atoms with Crippen molar-refractivity contribution in [3.8, 4) is 5.75 Å². The Labute approximate surface area is 210 Å². The monoisotopic (exact) mass is 497 g/mol. The van der Waals surface area contributed by atoms with Gasteiger partial charge < -0.3 is 25.6 Å². The van der Waals surface area contributed by atoms with E-state index >= 15 is 0 Å². The molecule has 5 rings (SSSR count). The summed E-state index contributed by atoms with van der Waals surface area (Å²) in [6.07, 6.45) is 2.05. The third-order valence-electron chi connectivity index (χ3n) is 6.67. The van der Waals surface area contributed by atoms with Gasteiger partial charge in [0, 0.05) is 37.8 Å². The highest BCUT2D eigenvalue weighted by Gasteiger charge is 2.27. The summed E-state index contributed by atoms with van der Waals surface area (Å²) < 4.78 is 32.9. The second-order valence-electron chi connectivity index (χ2n) is 9.70. The number of benzene rings is 2. The van der Waals surface area contributed by atoms with Gasteiger partial charge in [0.05, 0.1) is 19.0 Å². The maximum absolute atomic E-state index is 13.7. The molecule has 3 aliphatic heterocycles. The van der Waals surface area contributed by atoms with Gasteiger partial charge in [-0.2, -0.15) is 5.10 Å². The van der Waals surface area contributed by atoms with Crippen LogP contribution in [-0.2, 0) is 6.54 Å². The molecule has 8 nitrogen and oxygen atoms in total. The average Bonchev–Trinajstić information content (AvgIpc) is 3.29. The van der Waals surface area contributed by atoms with Crippen molar-refractivity contribution in [2.75, 3.05) is 46.5 Å². The van der Waals surface area contributed by atoms with E-state index in [1.165, 1.54) is 6.07 Å². The van der Waals surface area contributed by atoms with Crippen LogP contribution in [0.3, 0.4) is 0 Å². The number of halogens is 2. The molecule has 192 valence electrons. The summed E-state index contributed by atoms with van der Waals surface area (Å²) in [5.41, 5.74) is 11.7. The van der Waals surface area contributed by atoms with Crippen molar-refractivity contribution in [3.63, 3.8) is 0 Å². The minimum atomic E-state index is -0.843. The summed E-state index contributed by atoms with van der Waals surface area (Å²) >= 11 is 0. The van der Waals surface area contributed by atoms with E-state index in [4.69, 9.17) is 10.5 Å². The largest absolute Gasteiger partial charge is 0.494 e. The topological polar surface area (TPSA) is 81.4 Å². The van der Waals surface area contributed by atoms with Crippen molar-refractivity contribution in [3.05, 3.63) is 76.7 Å². The fourth-order valence-corrected chi connectivity index (χ4v) is 4.84. The number of hydrogen-bond donors (Lipinski definition) is 3. The second-order valence-corrected chi connectivity index (χ2v) is 9.70. The van der Waals surface area contributed by atoms with Crippen molar-refractivity contribution in [1.82, 2.24) is 25.4 Å². The minimum absolute atomic E-state index is 0.313. The Kier molecular flexibility index (Phi) is 7.35. The molecule has 0 aliphatic carbocycles. The molecule has 0 amide bonds. The van der Waals surface area contributed by atoms with Crippen LogP contribution in [-0.4, -0.2) is 73.1 Å². The standard InChI is InChI=1S/C26H33F2N7O/c1-33-16-24-26(35(17-33)14-18-3-8-22(27)23(28)13-18)32-31-25(30-24)19-4-6-21(7-5-19)36-12-2-10-34-11-9-20(29)15-34/h3-8,13,20,32H,2,9-12,14-17,29H2,1H3,(H,30,31). The number of amidine groups is 1. The predicted octanol–water partition coefficient (Wildman–Crippen LogP) is 2.20. The van der Waals surface area contributed by atoms with Crippen LogP contribution in [0.1, 0.15) is 24.0 Å². The third kappa shape index (κ3) is 5.77. The molecule has 3 heterocycles. The van der Waals surface area contributed by atoms with Gasteiger partial charge in [0.25, 0.3) is 0 Å². The van der Waals surface area contributed by atoms with Crippen molar-refractivity contribution in [2.45, 2.75) is 25.4 Å². The normalized spacial score (nSPS) is 20.6. The Morgan fingerprint density at radius 3 is 2.72 bits per heavy atom. The Bertz CT molecular complexity index is 1140. The van der Waals surface area contributed by atoms with Gasteiger partial charge in [-0.05, 0) is 68.4 Å². The molecule has 0 bridgehead atoms. The van der Waals surface area contributed by atoms with E-state index in [0.29, 0.717) is 43.8 Å². The van der Waals surface area contributed by atoms with E-state index in [9.17, 15) is 8.78 Å². The molecule has 1 unspecified atom stereocenters. The summed E-state index contributed by atoms with van der Waals surface area (Å²) in [6.45, 7) is 5.51. The Morgan fingerprint density at radius 2 is 1.97 bits per heavy atom. The Hall–Kier alpha value is -3.21. The highest BCUT2D eigenvalue weighted by Crippen LogP contribution is 2.22. The lowest BCUT2D eigenvalue weighted by Crippen LogP contribution is -2.51. The van der Waals surface area contributed by atoms with Gasteiger partial charge in [-0.3, -0.25) is 10.3 Å². The van der Waals surface area contributed by atoms with Gasteiger partial charge in [0.15, 0.2) is 17.5 Å². The fourth-order valence-electron chi connectivity index (χ4n) is 4.84. The Balaban J connectivity index is 1.17. The zero-order chi connectivity index (χ0) is 25.1. The molecule has 1 fully saturated rings. The molecule has 3 aliphatic rings. The summed E-state index contributed by atoms with van der Waals surface area (Å²) in [6, 6.07) is 12.2. The summed E-state index contributed by atoms with van der Waals surface area (Å²) in [5, 5.41) is 7.97. The van der Waals surface area contributed by atoms with Crippen LogP contribution in [0.5, 0.6) is 5.75 Å². The molecule has 0 saturated carbocycles. The van der Waals surface area contributed by atoms with Crippen LogP contribution in [0.2, 0.25) is 0 Å². The zero-order valence-electron chi connectivity index (χ0n) is 20.5. The van der Waals surface area contributed by atoms with Gasteiger partial charge >= 0.3 is 0 Å². The molecule has 1 atom stereocenters. The third-order valence-corrected chi connectivity index (χ3v) is 6.67. The number of rotatable bonds is 8. The van der Waals surface area contributed by atoms with E-state index in [1.54, 1.807) is 6.07 Å². The van der Waals surface area contributed by atoms with Crippen molar-refractivity contribution in [1.29, 1.82) is 0 Å². The summed E-state index contributed by atoms with van der Waals surface area (Å²) in [7, 11) is 2.01. The predicted molar refractivity (Wildman–Crippen MR) is 135 cm³/mol. The quantitative estimate of drug-likeness (QED) is 0.483. The van der Waals surface area contributed by atoms with Crippen LogP contribution in [0.25, 0.3) is 0 Å². The SMILES string of the molecule is CN1CC2=C(NN=C(c3ccc(OCCCN4CCC(N)C4)cc3)N2)N(Cc2ccc(F)c(F)c2)C1. The van der Waals surface area contributed by atoms with Crippen LogP contribution < -0.4 is 21.2 Å². The van der Waals surface area contributed by atoms with Crippen molar-refractivity contribution in [2.24, 2.45) is 10.8 Å². The number of nitrogens with one attached hydrogen (secondary N) is 2. The molecule has 0 aromatic heterocycles. The highest BCUT2D eigenvalue weighted by molar-refractivity contribution is 6.00. The van der Waals surface area contributed by atoms with E-state index in [-0.39, 0.29) is 0 Å². The number of nitrogens with zero attached hydrogens (tertiary/aromatic N) is 4. The van der Waals surface area contributed by atoms with Crippen molar-refractivity contribution >= 4 is 5.84 Å². The molecule has 1 saturated heterocycles. The summed E-state index contributed by atoms with van der Waals surface area (Å²) in [5.74, 6) is 0.696. The molecule has 0 spiro atoms. The Morgan fingerprint density at radius 1 is 1.14 bits per heavy atom. The number of hydrogen-bond acceptors (Lipinski definition) is 8. The van der Waals surface area contributed by atoms with Gasteiger partial charge in [0.1, 0.15) is 11.6 Å². The molecular formula is C26H33F2N7O. The molecule has 10 heteroatoms. The van der Waals surface area contributed by atoms with E-state index in [2.05, 4.69) is 25.6 Å². The zero-order valence-corrected chi connectivity index (χ0v) is 20.5. The lowest BCUT2D eigenvalue weighted by molar-refractivity contribution is 0.153. The highest BCUT2D eigenvalue weighted by atomic mass is 19.2. The molecule has 36 heavy (non-hydrogen) atoms. The lowest BCUT2D eigenvalue weighted by atomic mass is 10.1. The second kappa shape index (κ2) is 10.8. The first-order chi connectivity index (χ1) is 17.4. The first-order valence-electron chi connectivity index (χ1n) is 12.4. The fraction of sp³-hybridized carbons (Fsp3) is 0.423. The average molecular weight is 498 g/mol. The molecule has 2 aromatic carbocycles. The number of likely N-dealkylation sites (N-methyl/N-ethyl adjacent to an activating group) is 1. The molecule has 4 N–H and O–H groups in total. The van der Waals surface area contributed by atoms with Gasteiger partial charge in [-0.25, -0.2) is 8.78 Å². The number of nitrogens with two attached hydrogens (primary N) is 1. The van der Waals surface area contributed by atoms with E-state index in [1.807, 2.05) is 36.2 Å². The minimum Gasteiger partial charge on any atom is -0.494 e. The van der Waals surface area contributed by atoms with Crippen LogP contribution in [0.15, 0.2) is 59.1 Å². The van der Waals surface area contributed by atoms with Crippen LogP contribution >= 0.6 is 0 Å². The maximum Gasteiger partial charge on any atom is 0.159 e. The molecule has 0 radical (unpaired) electrons. The number of likely N-dealkylation sites (tertiary alicyclic amines) is 1. The van der Waals surface area contributed by atoms with Gasteiger partial charge in [0.2, 0.25) is 0 Å². The van der Waals surface area contributed by atoms with Crippen molar-refractivity contribution < 1.29 is 13.5 Å². The maximum atomic E-state index is 13.7. The first kappa shape index (κ1) is 24.5. The van der Waals surface area contributed by atoms with E-state index in [0.717, 1.165) is 61.4 Å². The smallest absolute Gasteiger partial charge is 0.159 e. The van der Waals surface area contributed by atoms with Crippen LogP contribution in [0.4, 0.5) is 8.78 Å². The van der Waals surface area contributed by atoms with Crippen LogP contribution in [0, 0.1) is 11.6 Å². The lowest BCUT2D eigenvalue weighted by Gasteiger charge is -2.40. The molecule has 2 aromatic rings. The summed E-state index contributed by atoms with van der Waals surface area (Å²) in [4.78, 5) is 6.58. The number of hydrazone groups is 1. The van der Waals surface area contributed by atoms with Gasteiger partial charge in [-0.15, -0.1) is 0 Å². The van der Waals surface area contributed by atoms with Gasteiger partial charge in [-0.1, -0.05) is 6.07 Å². The molecular weight excluding hydrogens is 464 g/mol. The first-order valence-corrected chi connectivity index (χ1v) is 12.4. The van der Waals surface area contributed by atoms with E-state index < -0.39 is 11.6 Å².